The first-order valence-electron chi connectivity index (χ1n) is 9.78. The molecule has 0 saturated heterocycles. The summed E-state index contributed by atoms with van der Waals surface area (Å²) in [6, 6.07) is 9.51. The van der Waals surface area contributed by atoms with Crippen LogP contribution in [0.4, 0.5) is 5.69 Å². The highest BCUT2D eigenvalue weighted by Gasteiger charge is 2.07. The number of nitrogens with one attached hydrogen (secondary N) is 3. The van der Waals surface area contributed by atoms with Crippen LogP contribution in [0.5, 0.6) is 0 Å². The van der Waals surface area contributed by atoms with Crippen LogP contribution in [-0.4, -0.2) is 33.7 Å². The van der Waals surface area contributed by atoms with Gasteiger partial charge in [-0.2, -0.15) is 5.10 Å². The smallest absolute Gasteiger partial charge is 0.246 e. The molecule has 1 amide bonds. The molecule has 0 fully saturated rings. The Morgan fingerprint density at radius 3 is 2.77 bits per heavy atom. The molecular formula is C21H27N7OS. The monoisotopic (exact) mass is 425 g/mol. The third-order valence-electron chi connectivity index (χ3n) is 4.33. The van der Waals surface area contributed by atoms with E-state index < -0.39 is 0 Å². The van der Waals surface area contributed by atoms with E-state index in [1.54, 1.807) is 41.5 Å². The van der Waals surface area contributed by atoms with Gasteiger partial charge in [0.25, 0.3) is 0 Å². The van der Waals surface area contributed by atoms with E-state index in [2.05, 4.69) is 50.3 Å². The fraction of sp³-hybridized carbons (Fsp3) is 0.333. The molecule has 2 heterocycles. The van der Waals surface area contributed by atoms with Crippen LogP contribution in [0, 0.1) is 0 Å². The second-order valence-electron chi connectivity index (χ2n) is 7.05. The summed E-state index contributed by atoms with van der Waals surface area (Å²) in [5.41, 5.74) is 2.90. The Morgan fingerprint density at radius 1 is 1.23 bits per heavy atom. The van der Waals surface area contributed by atoms with Crippen LogP contribution in [0.1, 0.15) is 36.0 Å². The molecule has 3 aromatic rings. The summed E-state index contributed by atoms with van der Waals surface area (Å²) in [5.74, 6) is 1.01. The highest BCUT2D eigenvalue weighted by molar-refractivity contribution is 7.09. The molecule has 0 saturated carbocycles. The van der Waals surface area contributed by atoms with Crippen LogP contribution in [0.2, 0.25) is 0 Å². The molecule has 9 heteroatoms. The predicted octanol–water partition coefficient (Wildman–Crippen LogP) is 2.97. The molecule has 0 aliphatic heterocycles. The average molecular weight is 426 g/mol. The van der Waals surface area contributed by atoms with Crippen LogP contribution >= 0.6 is 11.3 Å². The molecule has 1 aromatic carbocycles. The summed E-state index contributed by atoms with van der Waals surface area (Å²) >= 11 is 1.65. The molecule has 0 atom stereocenters. The molecule has 8 nitrogen and oxygen atoms in total. The lowest BCUT2D eigenvalue weighted by atomic mass is 10.2. The molecule has 0 aliphatic rings. The molecule has 3 N–H and O–H groups in total. The first-order chi connectivity index (χ1) is 14.5. The molecule has 158 valence electrons. The number of benzene rings is 1. The maximum Gasteiger partial charge on any atom is 0.246 e. The number of anilines is 1. The molecule has 0 unspecified atom stereocenters. The third-order valence-corrected chi connectivity index (χ3v) is 5.19. The predicted molar refractivity (Wildman–Crippen MR) is 121 cm³/mol. The van der Waals surface area contributed by atoms with E-state index in [0.29, 0.717) is 25.0 Å². The number of thiazole rings is 1. The lowest BCUT2D eigenvalue weighted by Crippen LogP contribution is -2.36. The lowest BCUT2D eigenvalue weighted by Gasteiger charge is -2.12. The van der Waals surface area contributed by atoms with Gasteiger partial charge in [0.1, 0.15) is 11.6 Å². The number of carbonyl (C=O) groups is 1. The van der Waals surface area contributed by atoms with Gasteiger partial charge in [-0.1, -0.05) is 26.0 Å². The highest BCUT2D eigenvalue weighted by atomic mass is 32.1. The normalized spacial score (nSPS) is 11.5. The number of amides is 1. The van der Waals surface area contributed by atoms with Crippen molar-refractivity contribution in [3.05, 3.63) is 64.4 Å². The van der Waals surface area contributed by atoms with Crippen LogP contribution < -0.4 is 16.0 Å². The standard InChI is InChI=1S/C21H27N7OS/c1-15(2)18-14-30-20(27-18)12-24-21(22-3)23-11-16-6-4-7-17(10-16)26-19(29)13-28-9-5-8-25-28/h4-10,14-15H,11-13H2,1-3H3,(H,26,29)(H2,22,23,24). The van der Waals surface area contributed by atoms with E-state index in [-0.39, 0.29) is 12.5 Å². The Kier molecular flexibility index (Phi) is 7.56. The molecule has 30 heavy (non-hydrogen) atoms. The SMILES string of the molecule is CN=C(NCc1cccc(NC(=O)Cn2cccn2)c1)NCc1nc(C(C)C)cs1. The van der Waals surface area contributed by atoms with Crippen LogP contribution in [0.25, 0.3) is 0 Å². The van der Waals surface area contributed by atoms with Gasteiger partial charge in [0.05, 0.1) is 12.2 Å². The number of hydrogen-bond donors (Lipinski definition) is 3. The number of nitrogens with zero attached hydrogens (tertiary/aromatic N) is 4. The van der Waals surface area contributed by atoms with Crippen molar-refractivity contribution < 1.29 is 4.79 Å². The maximum absolute atomic E-state index is 12.1. The van der Waals surface area contributed by atoms with Gasteiger partial charge in [-0.3, -0.25) is 14.5 Å². The first-order valence-corrected chi connectivity index (χ1v) is 10.7. The summed E-state index contributed by atoms with van der Waals surface area (Å²) in [4.78, 5) is 21.0. The van der Waals surface area contributed by atoms with E-state index in [4.69, 9.17) is 0 Å². The molecule has 0 spiro atoms. The number of aromatic nitrogens is 3. The van der Waals surface area contributed by atoms with E-state index in [0.717, 1.165) is 22.0 Å². The van der Waals surface area contributed by atoms with Gasteiger partial charge < -0.3 is 16.0 Å². The molecule has 0 bridgehead atoms. The summed E-state index contributed by atoms with van der Waals surface area (Å²) in [5, 5.41) is 16.7. The van der Waals surface area contributed by atoms with Gasteiger partial charge in [-0.25, -0.2) is 4.98 Å². The lowest BCUT2D eigenvalue weighted by molar-refractivity contribution is -0.116. The highest BCUT2D eigenvalue weighted by Crippen LogP contribution is 2.17. The molecule has 3 rings (SSSR count). The Hall–Kier alpha value is -3.20. The Bertz CT molecular complexity index is 979. The van der Waals surface area contributed by atoms with Crippen molar-refractivity contribution in [2.24, 2.45) is 4.99 Å². The van der Waals surface area contributed by atoms with Crippen molar-refractivity contribution in [1.29, 1.82) is 0 Å². The number of carbonyl (C=O) groups excluding carboxylic acids is 1. The molecule has 0 radical (unpaired) electrons. The zero-order chi connectivity index (χ0) is 21.3. The van der Waals surface area contributed by atoms with Gasteiger partial charge in [-0.15, -0.1) is 11.3 Å². The zero-order valence-electron chi connectivity index (χ0n) is 17.4. The van der Waals surface area contributed by atoms with E-state index in [1.807, 2.05) is 24.3 Å². The van der Waals surface area contributed by atoms with Gasteiger partial charge in [-0.05, 0) is 29.7 Å². The van der Waals surface area contributed by atoms with Gasteiger partial charge in [0.2, 0.25) is 5.91 Å². The second kappa shape index (κ2) is 10.5. The minimum Gasteiger partial charge on any atom is -0.352 e. The number of hydrogen-bond acceptors (Lipinski definition) is 5. The number of guanidine groups is 1. The van der Waals surface area contributed by atoms with Crippen molar-refractivity contribution in [2.45, 2.75) is 39.4 Å². The first kappa shape index (κ1) is 21.5. The fourth-order valence-electron chi connectivity index (χ4n) is 2.74. The minimum atomic E-state index is -0.120. The minimum absolute atomic E-state index is 0.120. The number of rotatable bonds is 8. The topological polar surface area (TPSA) is 96.2 Å². The fourth-order valence-corrected chi connectivity index (χ4v) is 3.63. The van der Waals surface area contributed by atoms with Gasteiger partial charge in [0.15, 0.2) is 5.96 Å². The number of aliphatic imine (C=N–C) groups is 1. The van der Waals surface area contributed by atoms with Crippen molar-refractivity contribution in [2.75, 3.05) is 12.4 Å². The van der Waals surface area contributed by atoms with Crippen LogP contribution in [0.3, 0.4) is 0 Å². The summed E-state index contributed by atoms with van der Waals surface area (Å²) in [6.07, 6.45) is 3.41. The van der Waals surface area contributed by atoms with Gasteiger partial charge >= 0.3 is 0 Å². The van der Waals surface area contributed by atoms with Crippen molar-refractivity contribution >= 4 is 28.9 Å². The molecular weight excluding hydrogens is 398 g/mol. The van der Waals surface area contributed by atoms with Crippen molar-refractivity contribution in [1.82, 2.24) is 25.4 Å². The summed E-state index contributed by atoms with van der Waals surface area (Å²) in [7, 11) is 1.74. The maximum atomic E-state index is 12.1. The molecule has 0 aliphatic carbocycles. The van der Waals surface area contributed by atoms with Gasteiger partial charge in [0, 0.05) is 37.1 Å². The summed E-state index contributed by atoms with van der Waals surface area (Å²) in [6.45, 7) is 5.67. The Balaban J connectivity index is 1.49. The zero-order valence-corrected chi connectivity index (χ0v) is 18.2. The largest absolute Gasteiger partial charge is 0.352 e. The van der Waals surface area contributed by atoms with E-state index in [1.165, 1.54) is 0 Å². The third kappa shape index (κ3) is 6.41. The Morgan fingerprint density at radius 2 is 2.07 bits per heavy atom. The van der Waals surface area contributed by atoms with Crippen LogP contribution in [-0.2, 0) is 24.4 Å². The average Bonchev–Trinajstić information content (AvgIpc) is 3.40. The van der Waals surface area contributed by atoms with Crippen molar-refractivity contribution in [3.8, 4) is 0 Å². The van der Waals surface area contributed by atoms with Crippen LogP contribution in [0.15, 0.2) is 53.1 Å². The second-order valence-corrected chi connectivity index (χ2v) is 7.99. The Labute approximate surface area is 180 Å². The van der Waals surface area contributed by atoms with E-state index in [9.17, 15) is 4.79 Å². The van der Waals surface area contributed by atoms with Crippen molar-refractivity contribution in [3.63, 3.8) is 0 Å². The summed E-state index contributed by atoms with van der Waals surface area (Å²) < 4.78 is 1.59. The van der Waals surface area contributed by atoms with E-state index >= 15 is 0 Å². The quantitative estimate of drug-likeness (QED) is 0.381. The molecule has 2 aromatic heterocycles.